The van der Waals surface area contributed by atoms with Crippen molar-refractivity contribution in [2.45, 2.75) is 38.0 Å². The van der Waals surface area contributed by atoms with Crippen LogP contribution in [0.25, 0.3) is 11.1 Å². The fourth-order valence-corrected chi connectivity index (χ4v) is 2.87. The average molecular weight is 304 g/mol. The number of aliphatic carboxylic acids is 1. The molecule has 23 heavy (non-hydrogen) atoms. The molecular formula is C21H20O2. The molecule has 0 saturated heterocycles. The van der Waals surface area contributed by atoms with Crippen LogP contribution in [-0.4, -0.2) is 11.1 Å². The van der Waals surface area contributed by atoms with Gasteiger partial charge in [0, 0.05) is 0 Å². The van der Waals surface area contributed by atoms with E-state index in [2.05, 4.69) is 36.1 Å². The highest BCUT2D eigenvalue weighted by Gasteiger charge is 2.23. The first-order valence-electron chi connectivity index (χ1n) is 8.01. The summed E-state index contributed by atoms with van der Waals surface area (Å²) in [6.45, 7) is 1.74. The lowest BCUT2D eigenvalue weighted by atomic mass is 9.94. The van der Waals surface area contributed by atoms with Crippen LogP contribution in [0.3, 0.4) is 0 Å². The van der Waals surface area contributed by atoms with Gasteiger partial charge in [0.15, 0.2) is 0 Å². The normalized spacial score (nSPS) is 14.7. The van der Waals surface area contributed by atoms with E-state index in [1.165, 1.54) is 24.0 Å². The van der Waals surface area contributed by atoms with Gasteiger partial charge in [-0.05, 0) is 47.9 Å². The Morgan fingerprint density at radius 1 is 1.09 bits per heavy atom. The molecule has 1 fully saturated rings. The van der Waals surface area contributed by atoms with Crippen LogP contribution in [0, 0.1) is 11.8 Å². The highest BCUT2D eigenvalue weighted by Crippen LogP contribution is 2.40. The fourth-order valence-electron chi connectivity index (χ4n) is 2.87. The number of carbonyl (C=O) groups is 1. The molecule has 0 heterocycles. The van der Waals surface area contributed by atoms with Gasteiger partial charge in [0.1, 0.15) is 0 Å². The molecule has 1 aliphatic carbocycles. The van der Waals surface area contributed by atoms with Gasteiger partial charge < -0.3 is 5.11 Å². The number of carboxylic acid groups (broad SMARTS) is 1. The first-order valence-corrected chi connectivity index (χ1v) is 8.01. The summed E-state index contributed by atoms with van der Waals surface area (Å²) in [6, 6.07) is 16.9. The molecule has 2 aromatic carbocycles. The average Bonchev–Trinajstić information content (AvgIpc) is 3.39. The van der Waals surface area contributed by atoms with Crippen molar-refractivity contribution in [2.75, 3.05) is 0 Å². The summed E-state index contributed by atoms with van der Waals surface area (Å²) in [4.78, 5) is 11.0. The molecule has 1 aliphatic rings. The highest BCUT2D eigenvalue weighted by molar-refractivity contribution is 5.69. The Labute approximate surface area is 137 Å². The molecule has 1 unspecified atom stereocenters. The van der Waals surface area contributed by atoms with Crippen LogP contribution in [0.4, 0.5) is 0 Å². The first-order chi connectivity index (χ1) is 11.2. The molecule has 2 nitrogen and oxygen atoms in total. The Hall–Kier alpha value is -2.53. The lowest BCUT2D eigenvalue weighted by Gasteiger charge is -2.10. The van der Waals surface area contributed by atoms with E-state index >= 15 is 0 Å². The van der Waals surface area contributed by atoms with E-state index in [-0.39, 0.29) is 12.3 Å². The molecule has 1 N–H and O–H groups in total. The highest BCUT2D eigenvalue weighted by atomic mass is 16.4. The molecule has 0 amide bonds. The van der Waals surface area contributed by atoms with Crippen LogP contribution in [0.5, 0.6) is 0 Å². The van der Waals surface area contributed by atoms with Crippen LogP contribution in [0.2, 0.25) is 0 Å². The van der Waals surface area contributed by atoms with Crippen LogP contribution < -0.4 is 0 Å². The number of rotatable bonds is 5. The van der Waals surface area contributed by atoms with Gasteiger partial charge in [-0.3, -0.25) is 4.79 Å². The zero-order valence-corrected chi connectivity index (χ0v) is 13.3. The van der Waals surface area contributed by atoms with Gasteiger partial charge >= 0.3 is 5.97 Å². The Morgan fingerprint density at radius 3 is 2.13 bits per heavy atom. The quantitative estimate of drug-likeness (QED) is 0.805. The van der Waals surface area contributed by atoms with Crippen LogP contribution >= 0.6 is 0 Å². The van der Waals surface area contributed by atoms with Crippen molar-refractivity contribution in [1.29, 1.82) is 0 Å². The monoisotopic (exact) mass is 304 g/mol. The third-order valence-electron chi connectivity index (χ3n) is 4.30. The number of carboxylic acids is 1. The predicted octanol–water partition coefficient (Wildman–Crippen LogP) is 4.81. The van der Waals surface area contributed by atoms with Gasteiger partial charge in [-0.1, -0.05) is 54.5 Å². The van der Waals surface area contributed by atoms with Crippen LogP contribution in [-0.2, 0) is 4.79 Å². The molecule has 2 aromatic rings. The van der Waals surface area contributed by atoms with Gasteiger partial charge in [-0.2, -0.15) is 0 Å². The predicted molar refractivity (Wildman–Crippen MR) is 92.3 cm³/mol. The molecule has 1 saturated carbocycles. The smallest absolute Gasteiger partial charge is 0.304 e. The lowest BCUT2D eigenvalue weighted by molar-refractivity contribution is -0.137. The van der Waals surface area contributed by atoms with E-state index in [4.69, 9.17) is 5.11 Å². The van der Waals surface area contributed by atoms with Crippen molar-refractivity contribution in [3.05, 3.63) is 59.7 Å². The molecule has 116 valence electrons. The standard InChI is InChI=1S/C21H20O2/c1-2-3-20(14-21(22)23)19-12-10-18(11-13-19)17-8-6-16(7-9-17)15-4-5-15/h6-13,15,20H,4-5,14H2,1H3,(H,22,23). The van der Waals surface area contributed by atoms with Crippen LogP contribution in [0.1, 0.15) is 49.1 Å². The second-order valence-electron chi connectivity index (χ2n) is 6.06. The third kappa shape index (κ3) is 3.81. The van der Waals surface area contributed by atoms with Gasteiger partial charge in [0.05, 0.1) is 12.3 Å². The zero-order valence-electron chi connectivity index (χ0n) is 13.3. The van der Waals surface area contributed by atoms with E-state index in [0.29, 0.717) is 0 Å². The third-order valence-corrected chi connectivity index (χ3v) is 4.30. The van der Waals surface area contributed by atoms with Gasteiger partial charge in [-0.25, -0.2) is 0 Å². The Kier molecular flexibility index (Phi) is 4.48. The molecule has 0 radical (unpaired) electrons. The summed E-state index contributed by atoms with van der Waals surface area (Å²) in [5.74, 6) is 5.52. The van der Waals surface area contributed by atoms with Crippen molar-refractivity contribution >= 4 is 5.97 Å². The van der Waals surface area contributed by atoms with E-state index in [1.807, 2.05) is 24.3 Å². The second kappa shape index (κ2) is 6.71. The Morgan fingerprint density at radius 2 is 1.65 bits per heavy atom. The van der Waals surface area contributed by atoms with Gasteiger partial charge in [0.2, 0.25) is 0 Å². The summed E-state index contributed by atoms with van der Waals surface area (Å²) in [5, 5.41) is 9.01. The maximum Gasteiger partial charge on any atom is 0.304 e. The van der Waals surface area contributed by atoms with Crippen molar-refractivity contribution in [1.82, 2.24) is 0 Å². The van der Waals surface area contributed by atoms with Gasteiger partial charge in [0.25, 0.3) is 0 Å². The minimum Gasteiger partial charge on any atom is -0.481 e. The maximum absolute atomic E-state index is 11.0. The van der Waals surface area contributed by atoms with Crippen molar-refractivity contribution in [3.8, 4) is 23.0 Å². The Bertz CT molecular complexity index is 741. The first kappa shape index (κ1) is 15.4. The fraction of sp³-hybridized carbons (Fsp3) is 0.286. The van der Waals surface area contributed by atoms with Crippen molar-refractivity contribution in [2.24, 2.45) is 0 Å². The minimum atomic E-state index is -0.822. The summed E-state index contributed by atoms with van der Waals surface area (Å²) in [7, 11) is 0. The van der Waals surface area contributed by atoms with Crippen molar-refractivity contribution < 1.29 is 9.90 Å². The van der Waals surface area contributed by atoms with Crippen LogP contribution in [0.15, 0.2) is 48.5 Å². The lowest BCUT2D eigenvalue weighted by Crippen LogP contribution is -2.04. The van der Waals surface area contributed by atoms with E-state index in [0.717, 1.165) is 17.0 Å². The molecular weight excluding hydrogens is 284 g/mol. The second-order valence-corrected chi connectivity index (χ2v) is 6.06. The van der Waals surface area contributed by atoms with Gasteiger partial charge in [-0.15, -0.1) is 5.92 Å². The summed E-state index contributed by atoms with van der Waals surface area (Å²) in [5.41, 5.74) is 4.73. The molecule has 0 aromatic heterocycles. The van der Waals surface area contributed by atoms with Crippen molar-refractivity contribution in [3.63, 3.8) is 0 Å². The summed E-state index contributed by atoms with van der Waals surface area (Å²) in [6.07, 6.45) is 2.67. The molecule has 0 bridgehead atoms. The van der Waals surface area contributed by atoms with E-state index in [9.17, 15) is 4.79 Å². The number of hydrogen-bond acceptors (Lipinski definition) is 1. The maximum atomic E-state index is 11.0. The number of hydrogen-bond donors (Lipinski definition) is 1. The molecule has 3 rings (SSSR count). The van der Waals surface area contributed by atoms with E-state index in [1.54, 1.807) is 6.92 Å². The molecule has 1 atom stereocenters. The molecule has 0 aliphatic heterocycles. The summed E-state index contributed by atoms with van der Waals surface area (Å²) < 4.78 is 0. The minimum absolute atomic E-state index is 0.0380. The molecule has 2 heteroatoms. The summed E-state index contributed by atoms with van der Waals surface area (Å²) >= 11 is 0. The molecule has 0 spiro atoms. The topological polar surface area (TPSA) is 37.3 Å². The number of benzene rings is 2. The zero-order chi connectivity index (χ0) is 16.2. The Balaban J connectivity index is 1.79. The van der Waals surface area contributed by atoms with E-state index < -0.39 is 5.97 Å². The largest absolute Gasteiger partial charge is 0.481 e. The SMILES string of the molecule is CC#CC(CC(=O)O)c1ccc(-c2ccc(C3CC3)cc2)cc1.